The Hall–Kier alpha value is -4.28. The number of esters is 2. The molecule has 0 aromatic heterocycles. The van der Waals surface area contributed by atoms with Crippen LogP contribution in [0.25, 0.3) is 0 Å². The molecule has 3 rings (SSSR count). The van der Waals surface area contributed by atoms with Crippen LogP contribution in [0.2, 0.25) is 0 Å². The summed E-state index contributed by atoms with van der Waals surface area (Å²) in [6, 6.07) is 12.3. The minimum Gasteiger partial charge on any atom is -0.489 e. The number of carbonyl (C=O) groups excluding carboxylic acids is 3. The Bertz CT molecular complexity index is 1090. The maximum absolute atomic E-state index is 12.4. The number of nitrogens with zero attached hydrogens (tertiary/aromatic N) is 1. The van der Waals surface area contributed by atoms with E-state index < -0.39 is 24.1 Å². The Morgan fingerprint density at radius 3 is 2.40 bits per heavy atom. The number of methoxy groups -OCH3 is 2. The molecule has 35 heavy (non-hydrogen) atoms. The summed E-state index contributed by atoms with van der Waals surface area (Å²) >= 11 is 0. The maximum Gasteiger partial charge on any atom is 0.414 e. The molecule has 2 aromatic carbocycles. The number of cyclic esters (lactones) is 1. The zero-order valence-electron chi connectivity index (χ0n) is 19.5. The van der Waals surface area contributed by atoms with Gasteiger partial charge in [0, 0.05) is 17.8 Å². The molecule has 1 aliphatic rings. The van der Waals surface area contributed by atoms with Gasteiger partial charge in [0.25, 0.3) is 0 Å². The van der Waals surface area contributed by atoms with E-state index in [1.807, 2.05) is 12.1 Å². The Labute approximate surface area is 202 Å². The quantitative estimate of drug-likeness (QED) is 0.197. The van der Waals surface area contributed by atoms with Crippen molar-refractivity contribution in [3.05, 3.63) is 59.2 Å². The van der Waals surface area contributed by atoms with Crippen LogP contribution in [0.5, 0.6) is 5.75 Å². The molecule has 0 spiro atoms. The van der Waals surface area contributed by atoms with Crippen molar-refractivity contribution in [3.63, 3.8) is 0 Å². The molecule has 1 amide bonds. The summed E-state index contributed by atoms with van der Waals surface area (Å²) in [4.78, 5) is 37.4. The topological polar surface area (TPSA) is 153 Å². The standard InChI is InChI=1S/C24H28N4O7/c1-32-21(29)10-16-5-8-20(17(9-16)11-22(30)33-2)34-14-19-13-28(24(31)35-19)18-6-3-15(4-7-18)12-27-23(25)26/h3-9,19H,10-14H2,1-2H3,(H4,25,26,27). The Kier molecular flexibility index (Phi) is 8.49. The summed E-state index contributed by atoms with van der Waals surface area (Å²) < 4.78 is 20.8. The summed E-state index contributed by atoms with van der Waals surface area (Å²) in [5.41, 5.74) is 8.09. The number of anilines is 1. The average Bonchev–Trinajstić information content (AvgIpc) is 3.22. The van der Waals surface area contributed by atoms with Crippen LogP contribution in [0.3, 0.4) is 0 Å². The first-order chi connectivity index (χ1) is 16.8. The average molecular weight is 485 g/mol. The molecule has 0 radical (unpaired) electrons. The van der Waals surface area contributed by atoms with Gasteiger partial charge in [-0.1, -0.05) is 24.3 Å². The molecule has 1 saturated heterocycles. The monoisotopic (exact) mass is 484 g/mol. The normalized spacial score (nSPS) is 14.7. The number of amides is 1. The Morgan fingerprint density at radius 1 is 1.09 bits per heavy atom. The SMILES string of the molecule is COC(=O)Cc1ccc(OCC2CN(c3ccc(CNC(=N)N)cc3)C(=O)O2)c(CC(=O)OC)c1. The highest BCUT2D eigenvalue weighted by molar-refractivity contribution is 5.89. The highest BCUT2D eigenvalue weighted by Crippen LogP contribution is 2.25. The van der Waals surface area contributed by atoms with E-state index in [-0.39, 0.29) is 32.0 Å². The van der Waals surface area contributed by atoms with Gasteiger partial charge in [-0.05, 0) is 29.3 Å². The smallest absolute Gasteiger partial charge is 0.414 e. The predicted octanol–water partition coefficient (Wildman–Crippen LogP) is 1.50. The summed E-state index contributed by atoms with van der Waals surface area (Å²) in [5.74, 6) is -0.539. The number of carbonyl (C=O) groups is 3. The van der Waals surface area contributed by atoms with Gasteiger partial charge in [0.1, 0.15) is 12.4 Å². The van der Waals surface area contributed by atoms with E-state index in [2.05, 4.69) is 5.32 Å². The lowest BCUT2D eigenvalue weighted by Gasteiger charge is -2.15. The fraction of sp³-hybridized carbons (Fsp3) is 0.333. The van der Waals surface area contributed by atoms with Crippen molar-refractivity contribution in [2.45, 2.75) is 25.5 Å². The van der Waals surface area contributed by atoms with E-state index in [4.69, 9.17) is 30.1 Å². The number of rotatable bonds is 10. The van der Waals surface area contributed by atoms with Crippen molar-refractivity contribution >= 4 is 29.7 Å². The fourth-order valence-electron chi connectivity index (χ4n) is 3.48. The number of benzene rings is 2. The number of hydrogen-bond donors (Lipinski definition) is 3. The van der Waals surface area contributed by atoms with Crippen molar-refractivity contribution < 1.29 is 33.3 Å². The molecule has 186 valence electrons. The maximum atomic E-state index is 12.4. The number of ether oxygens (including phenoxy) is 4. The Balaban J connectivity index is 1.64. The van der Waals surface area contributed by atoms with Gasteiger partial charge in [0.05, 0.1) is 33.6 Å². The van der Waals surface area contributed by atoms with E-state index in [9.17, 15) is 14.4 Å². The Morgan fingerprint density at radius 2 is 1.74 bits per heavy atom. The first-order valence-electron chi connectivity index (χ1n) is 10.8. The van der Waals surface area contributed by atoms with Gasteiger partial charge in [-0.3, -0.25) is 19.9 Å². The summed E-state index contributed by atoms with van der Waals surface area (Å²) in [5, 5.41) is 9.94. The van der Waals surface area contributed by atoms with Crippen LogP contribution in [-0.2, 0) is 43.2 Å². The van der Waals surface area contributed by atoms with Gasteiger partial charge < -0.3 is 30.0 Å². The molecular formula is C24H28N4O7. The van der Waals surface area contributed by atoms with Crippen molar-refractivity contribution in [1.29, 1.82) is 5.41 Å². The third-order valence-electron chi connectivity index (χ3n) is 5.29. The van der Waals surface area contributed by atoms with Crippen LogP contribution in [-0.4, -0.2) is 57.5 Å². The van der Waals surface area contributed by atoms with Crippen LogP contribution in [0.15, 0.2) is 42.5 Å². The summed E-state index contributed by atoms with van der Waals surface area (Å²) in [6.45, 7) is 0.771. The zero-order chi connectivity index (χ0) is 25.4. The highest BCUT2D eigenvalue weighted by Gasteiger charge is 2.33. The number of guanidine groups is 1. The van der Waals surface area contributed by atoms with Gasteiger partial charge in [-0.25, -0.2) is 4.79 Å². The van der Waals surface area contributed by atoms with Crippen molar-refractivity contribution in [2.75, 3.05) is 32.3 Å². The largest absolute Gasteiger partial charge is 0.489 e. The molecular weight excluding hydrogens is 456 g/mol. The molecule has 1 unspecified atom stereocenters. The molecule has 1 fully saturated rings. The molecule has 0 aliphatic carbocycles. The lowest BCUT2D eigenvalue weighted by atomic mass is 10.0. The minimum atomic E-state index is -0.526. The molecule has 2 aromatic rings. The molecule has 1 atom stereocenters. The van der Waals surface area contributed by atoms with E-state index in [0.29, 0.717) is 29.1 Å². The van der Waals surface area contributed by atoms with Crippen LogP contribution in [0, 0.1) is 5.41 Å². The lowest BCUT2D eigenvalue weighted by Crippen LogP contribution is -2.29. The molecule has 0 saturated carbocycles. The van der Waals surface area contributed by atoms with Gasteiger partial charge in [-0.15, -0.1) is 0 Å². The number of nitrogens with two attached hydrogens (primary N) is 1. The van der Waals surface area contributed by atoms with Gasteiger partial charge in [-0.2, -0.15) is 0 Å². The second-order valence-corrected chi connectivity index (χ2v) is 7.81. The van der Waals surface area contributed by atoms with Gasteiger partial charge in [0.15, 0.2) is 12.1 Å². The van der Waals surface area contributed by atoms with Crippen molar-refractivity contribution in [2.24, 2.45) is 5.73 Å². The van der Waals surface area contributed by atoms with Gasteiger partial charge >= 0.3 is 18.0 Å². The van der Waals surface area contributed by atoms with E-state index in [0.717, 1.165) is 5.56 Å². The third kappa shape index (κ3) is 7.10. The van der Waals surface area contributed by atoms with Crippen LogP contribution >= 0.6 is 0 Å². The third-order valence-corrected chi connectivity index (χ3v) is 5.29. The van der Waals surface area contributed by atoms with Crippen LogP contribution in [0.1, 0.15) is 16.7 Å². The molecule has 1 heterocycles. The number of hydrogen-bond acceptors (Lipinski definition) is 8. The number of nitrogens with one attached hydrogen (secondary N) is 2. The van der Waals surface area contributed by atoms with E-state index in [1.54, 1.807) is 30.3 Å². The van der Waals surface area contributed by atoms with E-state index in [1.165, 1.54) is 19.1 Å². The highest BCUT2D eigenvalue weighted by atomic mass is 16.6. The molecule has 1 aliphatic heterocycles. The molecule has 4 N–H and O–H groups in total. The van der Waals surface area contributed by atoms with Crippen LogP contribution < -0.4 is 20.7 Å². The van der Waals surface area contributed by atoms with Crippen LogP contribution in [0.4, 0.5) is 10.5 Å². The lowest BCUT2D eigenvalue weighted by molar-refractivity contribution is -0.140. The first kappa shape index (κ1) is 25.3. The van der Waals surface area contributed by atoms with E-state index >= 15 is 0 Å². The minimum absolute atomic E-state index is 0.0394. The van der Waals surface area contributed by atoms with Gasteiger partial charge in [0.2, 0.25) is 0 Å². The second kappa shape index (κ2) is 11.7. The molecule has 11 heteroatoms. The summed E-state index contributed by atoms with van der Waals surface area (Å²) in [7, 11) is 2.60. The second-order valence-electron chi connectivity index (χ2n) is 7.81. The van der Waals surface area contributed by atoms with Crippen molar-refractivity contribution in [1.82, 2.24) is 5.32 Å². The van der Waals surface area contributed by atoms with Crippen molar-refractivity contribution in [3.8, 4) is 5.75 Å². The molecule has 0 bridgehead atoms. The summed E-state index contributed by atoms with van der Waals surface area (Å²) in [6.07, 6.45) is -0.995. The zero-order valence-corrected chi connectivity index (χ0v) is 19.5. The first-order valence-corrected chi connectivity index (χ1v) is 10.8. The fourth-order valence-corrected chi connectivity index (χ4v) is 3.48. The predicted molar refractivity (Wildman–Crippen MR) is 126 cm³/mol. The molecule has 11 nitrogen and oxygen atoms in total.